The van der Waals surface area contributed by atoms with E-state index in [1.807, 2.05) is 0 Å². The Morgan fingerprint density at radius 2 is 1.17 bits per heavy atom. The summed E-state index contributed by atoms with van der Waals surface area (Å²) in [7, 11) is 0. The fraction of sp³-hybridized carbons (Fsp3) is 0.714. The Balaban J connectivity index is 3.23. The van der Waals surface area contributed by atoms with Gasteiger partial charge in [0.05, 0.1) is 0 Å². The molecule has 24 heavy (non-hydrogen) atoms. The van der Waals surface area contributed by atoms with Crippen LogP contribution in [0.15, 0.2) is 0 Å². The number of hydrogen-bond donors (Lipinski definition) is 0. The molecule has 136 valence electrons. The third kappa shape index (κ3) is 5.75. The third-order valence-corrected chi connectivity index (χ3v) is 3.57. The van der Waals surface area contributed by atoms with Crippen LogP contribution >= 0.6 is 15.9 Å². The summed E-state index contributed by atoms with van der Waals surface area (Å²) in [6.45, 7) is 4.60. The molecule has 0 aromatic carbocycles. The van der Waals surface area contributed by atoms with Crippen LogP contribution in [0.1, 0.15) is 27.7 Å². The molecule has 0 N–H and O–H groups in total. The van der Waals surface area contributed by atoms with Crippen molar-refractivity contribution in [3.8, 4) is 0 Å². The first-order chi connectivity index (χ1) is 11.1. The summed E-state index contributed by atoms with van der Waals surface area (Å²) in [6, 6.07) is 0. The van der Waals surface area contributed by atoms with Crippen molar-refractivity contribution in [3.05, 3.63) is 0 Å². The van der Waals surface area contributed by atoms with Crippen LogP contribution in [0.5, 0.6) is 0 Å². The van der Waals surface area contributed by atoms with E-state index in [9.17, 15) is 19.2 Å². The van der Waals surface area contributed by atoms with Crippen molar-refractivity contribution < 1.29 is 42.9 Å². The summed E-state index contributed by atoms with van der Waals surface area (Å²) < 4.78 is 26.0. The molecular weight excluding hydrogens is 392 g/mol. The second-order valence-corrected chi connectivity index (χ2v) is 5.68. The van der Waals surface area contributed by atoms with Gasteiger partial charge in [-0.15, -0.1) is 0 Å². The standard InChI is InChI=1S/C14H19BrO9/c1-6(16)20-11-10(5-15)24-14(23-9(4)19)13(22-8(3)18)12(11)21-7(2)17/h10-14H,5H2,1-4H3/t10-,11+,12+,13-,14?/m0/s1. The van der Waals surface area contributed by atoms with Gasteiger partial charge in [-0.25, -0.2) is 0 Å². The molecule has 0 bridgehead atoms. The first-order valence-corrected chi connectivity index (χ1v) is 8.18. The number of alkyl halides is 1. The molecule has 0 aliphatic carbocycles. The number of hydrogen-bond acceptors (Lipinski definition) is 9. The van der Waals surface area contributed by atoms with Gasteiger partial charge in [0.2, 0.25) is 12.4 Å². The van der Waals surface area contributed by atoms with Crippen LogP contribution in [0.4, 0.5) is 0 Å². The molecule has 1 aliphatic rings. The summed E-state index contributed by atoms with van der Waals surface area (Å²) in [5, 5.41) is 0.188. The predicted molar refractivity (Wildman–Crippen MR) is 80.9 cm³/mol. The average Bonchev–Trinajstić information content (AvgIpc) is 2.42. The van der Waals surface area contributed by atoms with E-state index in [1.54, 1.807) is 0 Å². The number of ether oxygens (including phenoxy) is 5. The van der Waals surface area contributed by atoms with Gasteiger partial charge in [0.1, 0.15) is 6.10 Å². The van der Waals surface area contributed by atoms with Crippen molar-refractivity contribution >= 4 is 39.8 Å². The molecular formula is C14H19BrO9. The summed E-state index contributed by atoms with van der Waals surface area (Å²) >= 11 is 3.19. The van der Waals surface area contributed by atoms with Crippen molar-refractivity contribution in [1.82, 2.24) is 0 Å². The monoisotopic (exact) mass is 410 g/mol. The molecule has 9 nitrogen and oxygen atoms in total. The van der Waals surface area contributed by atoms with E-state index >= 15 is 0 Å². The van der Waals surface area contributed by atoms with E-state index in [4.69, 9.17) is 23.7 Å². The second-order valence-electron chi connectivity index (χ2n) is 5.03. The lowest BCUT2D eigenvalue weighted by Gasteiger charge is -2.43. The Labute approximate surface area is 147 Å². The highest BCUT2D eigenvalue weighted by atomic mass is 79.9. The van der Waals surface area contributed by atoms with Crippen molar-refractivity contribution in [2.24, 2.45) is 0 Å². The lowest BCUT2D eigenvalue weighted by Crippen LogP contribution is -2.62. The normalized spacial score (nSPS) is 29.3. The molecule has 1 heterocycles. The quantitative estimate of drug-likeness (QED) is 0.362. The van der Waals surface area contributed by atoms with Crippen LogP contribution in [0.2, 0.25) is 0 Å². The maximum atomic E-state index is 11.4. The van der Waals surface area contributed by atoms with E-state index in [1.165, 1.54) is 6.92 Å². The maximum Gasteiger partial charge on any atom is 0.305 e. The minimum Gasteiger partial charge on any atom is -0.456 e. The van der Waals surface area contributed by atoms with Crippen molar-refractivity contribution in [1.29, 1.82) is 0 Å². The van der Waals surface area contributed by atoms with E-state index in [-0.39, 0.29) is 5.33 Å². The highest BCUT2D eigenvalue weighted by Crippen LogP contribution is 2.30. The predicted octanol–water partition coefficient (Wildman–Crippen LogP) is 0.464. The van der Waals surface area contributed by atoms with Gasteiger partial charge in [0, 0.05) is 33.0 Å². The van der Waals surface area contributed by atoms with Crippen molar-refractivity contribution in [2.45, 2.75) is 58.4 Å². The van der Waals surface area contributed by atoms with Crippen LogP contribution < -0.4 is 0 Å². The molecule has 0 saturated carbocycles. The molecule has 1 saturated heterocycles. The molecule has 1 aliphatic heterocycles. The summed E-state index contributed by atoms with van der Waals surface area (Å²) in [5.74, 6) is -2.72. The Kier molecular flexibility index (Phi) is 7.61. The number of carbonyl (C=O) groups excluding carboxylic acids is 4. The van der Waals surface area contributed by atoms with Gasteiger partial charge in [-0.3, -0.25) is 19.2 Å². The van der Waals surface area contributed by atoms with Crippen molar-refractivity contribution in [3.63, 3.8) is 0 Å². The molecule has 5 atom stereocenters. The van der Waals surface area contributed by atoms with Crippen molar-refractivity contribution in [2.75, 3.05) is 5.33 Å². The van der Waals surface area contributed by atoms with Crippen LogP contribution in [0.25, 0.3) is 0 Å². The Morgan fingerprint density at radius 3 is 1.58 bits per heavy atom. The van der Waals surface area contributed by atoms with Crippen LogP contribution in [0.3, 0.4) is 0 Å². The van der Waals surface area contributed by atoms with Gasteiger partial charge in [0.15, 0.2) is 12.2 Å². The van der Waals surface area contributed by atoms with Crippen LogP contribution in [-0.4, -0.2) is 59.9 Å². The van der Waals surface area contributed by atoms with E-state index in [2.05, 4.69) is 15.9 Å². The molecule has 10 heteroatoms. The highest BCUT2D eigenvalue weighted by Gasteiger charge is 2.52. The van der Waals surface area contributed by atoms with Gasteiger partial charge in [0.25, 0.3) is 0 Å². The smallest absolute Gasteiger partial charge is 0.305 e. The van der Waals surface area contributed by atoms with Gasteiger partial charge in [-0.05, 0) is 0 Å². The molecule has 0 radical (unpaired) electrons. The molecule has 0 aromatic rings. The number of rotatable bonds is 5. The Morgan fingerprint density at radius 1 is 0.750 bits per heavy atom. The zero-order valence-electron chi connectivity index (χ0n) is 13.6. The van der Waals surface area contributed by atoms with Gasteiger partial charge >= 0.3 is 23.9 Å². The number of carbonyl (C=O) groups is 4. The lowest BCUT2D eigenvalue weighted by atomic mass is 9.99. The average molecular weight is 411 g/mol. The summed E-state index contributed by atoms with van der Waals surface area (Å²) in [5.41, 5.74) is 0. The summed E-state index contributed by atoms with van der Waals surface area (Å²) in [6.07, 6.45) is -5.65. The minimum absolute atomic E-state index is 0.188. The maximum absolute atomic E-state index is 11.4. The van der Waals surface area contributed by atoms with Crippen LogP contribution in [0, 0.1) is 0 Å². The van der Waals surface area contributed by atoms with Gasteiger partial charge in [-0.2, -0.15) is 0 Å². The van der Waals surface area contributed by atoms with Gasteiger partial charge < -0.3 is 23.7 Å². The lowest BCUT2D eigenvalue weighted by molar-refractivity contribution is -0.291. The molecule has 0 spiro atoms. The largest absolute Gasteiger partial charge is 0.456 e. The van der Waals surface area contributed by atoms with E-state index in [0.717, 1.165) is 20.8 Å². The van der Waals surface area contributed by atoms with E-state index < -0.39 is 54.6 Å². The topological polar surface area (TPSA) is 114 Å². The second kappa shape index (κ2) is 8.97. The van der Waals surface area contributed by atoms with Gasteiger partial charge in [-0.1, -0.05) is 15.9 Å². The fourth-order valence-corrected chi connectivity index (χ4v) is 2.76. The number of halogens is 1. The Hall–Kier alpha value is -1.68. The minimum atomic E-state index is -1.31. The third-order valence-electron chi connectivity index (χ3n) is 2.93. The first-order valence-electron chi connectivity index (χ1n) is 7.06. The number of esters is 4. The molecule has 0 aromatic heterocycles. The molecule has 0 amide bonds. The molecule has 1 rings (SSSR count). The summed E-state index contributed by atoms with van der Waals surface area (Å²) in [4.78, 5) is 45.5. The SMILES string of the molecule is CC(=O)OC1O[C@@H](CBr)[C@@H](OC(C)=O)[C@@H](OC(C)=O)[C@@H]1OC(C)=O. The fourth-order valence-electron chi connectivity index (χ4n) is 2.24. The zero-order valence-corrected chi connectivity index (χ0v) is 15.2. The first kappa shape index (κ1) is 20.4. The highest BCUT2D eigenvalue weighted by molar-refractivity contribution is 9.09. The molecule has 1 unspecified atom stereocenters. The van der Waals surface area contributed by atoms with E-state index in [0.29, 0.717) is 0 Å². The van der Waals surface area contributed by atoms with Crippen LogP contribution in [-0.2, 0) is 42.9 Å². The molecule has 1 fully saturated rings. The zero-order chi connectivity index (χ0) is 18.4. The Bertz CT molecular complexity index is 506.